The van der Waals surface area contributed by atoms with Gasteiger partial charge in [-0.05, 0) is 0 Å². The Morgan fingerprint density at radius 3 is 0.933 bits per heavy atom. The predicted octanol–water partition coefficient (Wildman–Crippen LogP) is -1.80. The van der Waals surface area contributed by atoms with Crippen molar-refractivity contribution in [2.24, 2.45) is 0 Å². The molecular weight excluding hydrogens is 353 g/mol. The van der Waals surface area contributed by atoms with Gasteiger partial charge in [-0.25, -0.2) is 24.3 Å². The van der Waals surface area contributed by atoms with Crippen LogP contribution in [0.25, 0.3) is 0 Å². The van der Waals surface area contributed by atoms with Gasteiger partial charge < -0.3 is 24.8 Å². The van der Waals surface area contributed by atoms with Crippen LogP contribution >= 0.6 is 17.0 Å². The molecule has 0 saturated carbocycles. The van der Waals surface area contributed by atoms with Crippen LogP contribution in [0, 0.1) is 0 Å². The summed E-state index contributed by atoms with van der Waals surface area (Å²) in [6, 6.07) is 20.0. The summed E-state index contributed by atoms with van der Waals surface area (Å²) in [4.78, 5) is 0. The molecule has 0 aliphatic heterocycles. The molecule has 0 unspecified atom stereocenters. The molecule has 0 bridgehead atoms. The first kappa shape index (κ1) is 21.1. The Kier molecular flexibility index (Phi) is 28.4. The summed E-state index contributed by atoms with van der Waals surface area (Å²) in [6.45, 7) is 0. The Balaban J connectivity index is -0.000000140. The molecule has 0 fully saturated rings. The Hall–Kier alpha value is 0.743. The van der Waals surface area contributed by atoms with E-state index < -0.39 is 20.8 Å². The molecule has 5 heteroatoms. The van der Waals surface area contributed by atoms with E-state index in [1.807, 2.05) is 60.7 Å². The van der Waals surface area contributed by atoms with E-state index >= 15 is 0 Å². The summed E-state index contributed by atoms with van der Waals surface area (Å²) < 4.78 is 0. The van der Waals surface area contributed by atoms with Crippen LogP contribution in [0.1, 0.15) is 0 Å². The van der Waals surface area contributed by atoms with Gasteiger partial charge in [0.05, 0.1) is 0 Å². The molecule has 0 spiro atoms. The fourth-order valence-electron chi connectivity index (χ4n) is 0.642. The average molecular weight is 363 g/mol. The number of hydrogen-bond acceptors (Lipinski definition) is 0. The van der Waals surface area contributed by atoms with Crippen LogP contribution in [0.15, 0.2) is 60.7 Å². The predicted molar refractivity (Wildman–Crippen MR) is 55.8 cm³/mol. The number of hydrogen-bond donors (Lipinski definition) is 0. The quantitative estimate of drug-likeness (QED) is 0.485. The Morgan fingerprint density at radius 2 is 0.867 bits per heavy atom. The average Bonchev–Trinajstić information content (AvgIpc) is 2.85. The van der Waals surface area contributed by atoms with E-state index in [-0.39, 0.29) is 24.8 Å². The summed E-state index contributed by atoms with van der Waals surface area (Å²) >= 11 is -0.826. The van der Waals surface area contributed by atoms with E-state index in [4.69, 9.17) is 17.0 Å². The maximum Gasteiger partial charge on any atom is -0.172 e. The Labute approximate surface area is 122 Å². The standard InChI is InChI=1S/2C5H5.4ClH.Zr/c2*1-2-4-5-3-1;;;;;/h2*1-5H;4*1H;/q2*-1;;;;;+4/p-4. The van der Waals surface area contributed by atoms with Crippen molar-refractivity contribution in [2.75, 3.05) is 0 Å². The molecule has 0 aromatic heterocycles. The van der Waals surface area contributed by atoms with Gasteiger partial charge in [0.15, 0.2) is 0 Å². The fraction of sp³-hybridized carbons (Fsp3) is 0. The van der Waals surface area contributed by atoms with Crippen molar-refractivity contribution in [1.82, 2.24) is 0 Å². The summed E-state index contributed by atoms with van der Waals surface area (Å²) in [5.74, 6) is 0. The van der Waals surface area contributed by atoms with Gasteiger partial charge in [-0.15, -0.1) is 0 Å². The Morgan fingerprint density at radius 1 is 0.667 bits per heavy atom. The van der Waals surface area contributed by atoms with Crippen molar-refractivity contribution in [3.63, 3.8) is 0 Å². The molecule has 15 heavy (non-hydrogen) atoms. The molecule has 0 radical (unpaired) electrons. The maximum atomic E-state index is 4.93. The van der Waals surface area contributed by atoms with Crippen LogP contribution in [0.2, 0.25) is 0 Å². The van der Waals surface area contributed by atoms with E-state index in [1.54, 1.807) is 0 Å². The first-order valence-electron chi connectivity index (χ1n) is 3.71. The van der Waals surface area contributed by atoms with Crippen LogP contribution in [0.5, 0.6) is 0 Å². The van der Waals surface area contributed by atoms with Gasteiger partial charge in [0.1, 0.15) is 0 Å². The van der Waals surface area contributed by atoms with Gasteiger partial charge in [-0.3, -0.25) is 0 Å². The van der Waals surface area contributed by atoms with E-state index in [2.05, 4.69) is 0 Å². The summed E-state index contributed by atoms with van der Waals surface area (Å²) in [5.41, 5.74) is 0. The zero-order valence-electron chi connectivity index (χ0n) is 7.79. The third kappa shape index (κ3) is 20.7. The molecule has 0 amide bonds. The molecule has 0 nitrogen and oxygen atoms in total. The van der Waals surface area contributed by atoms with E-state index in [9.17, 15) is 0 Å². The summed E-state index contributed by atoms with van der Waals surface area (Å²) in [5, 5.41) is 0. The van der Waals surface area contributed by atoms with Crippen molar-refractivity contribution < 1.29 is 45.7 Å². The molecule has 0 aliphatic carbocycles. The molecule has 0 aliphatic rings. The first-order valence-corrected chi connectivity index (χ1v) is 10.0. The zero-order valence-corrected chi connectivity index (χ0v) is 13.3. The third-order valence-electron chi connectivity index (χ3n) is 1.11. The van der Waals surface area contributed by atoms with Gasteiger partial charge in [-0.2, -0.15) is 36.4 Å². The normalized spacial score (nSPS) is 6.00. The molecule has 0 atom stereocenters. The maximum absolute atomic E-state index is 4.93. The Bertz CT molecular complexity index is 169. The number of rotatable bonds is 0. The third-order valence-corrected chi connectivity index (χ3v) is 1.11. The molecule has 2 rings (SSSR count). The minimum atomic E-state index is -0.826. The second kappa shape index (κ2) is 20.2. The topological polar surface area (TPSA) is 0 Å². The monoisotopic (exact) mass is 360 g/mol. The van der Waals surface area contributed by atoms with Crippen molar-refractivity contribution in [2.45, 2.75) is 0 Å². The summed E-state index contributed by atoms with van der Waals surface area (Å²) in [6.07, 6.45) is 0. The van der Waals surface area contributed by atoms with E-state index in [0.717, 1.165) is 0 Å². The molecule has 0 N–H and O–H groups in total. The second-order valence-corrected chi connectivity index (χ2v) is 5.73. The fourth-order valence-corrected chi connectivity index (χ4v) is 0.642. The first-order chi connectivity index (χ1) is 6.41. The van der Waals surface area contributed by atoms with Gasteiger partial charge in [0.25, 0.3) is 0 Å². The van der Waals surface area contributed by atoms with Crippen LogP contribution in [0.3, 0.4) is 0 Å². The molecule has 0 saturated heterocycles. The van der Waals surface area contributed by atoms with Gasteiger partial charge in [0, 0.05) is 0 Å². The number of halogens is 4. The molecule has 84 valence electrons. The van der Waals surface area contributed by atoms with Crippen molar-refractivity contribution in [1.29, 1.82) is 0 Å². The molecule has 0 heterocycles. The van der Waals surface area contributed by atoms with Crippen molar-refractivity contribution in [3.05, 3.63) is 60.7 Å². The molecular formula is C10H10Cl4Zr-2. The van der Waals surface area contributed by atoms with Gasteiger partial charge >= 0.3 is 37.9 Å². The SMILES string of the molecule is [Cl-].[Cl-].[Cl][Zr+2][Cl].c1cc[cH-]c1.c1cc[cH-]c1. The van der Waals surface area contributed by atoms with Crippen LogP contribution in [-0.4, -0.2) is 0 Å². The van der Waals surface area contributed by atoms with Crippen LogP contribution < -0.4 is 24.8 Å². The molecule has 2 aromatic carbocycles. The van der Waals surface area contributed by atoms with Crippen molar-refractivity contribution in [3.8, 4) is 0 Å². The minimum absolute atomic E-state index is 0. The van der Waals surface area contributed by atoms with Crippen LogP contribution in [-0.2, 0) is 20.8 Å². The van der Waals surface area contributed by atoms with Crippen LogP contribution in [0.4, 0.5) is 0 Å². The summed E-state index contributed by atoms with van der Waals surface area (Å²) in [7, 11) is 9.87. The van der Waals surface area contributed by atoms with Crippen molar-refractivity contribution >= 4 is 17.0 Å². The van der Waals surface area contributed by atoms with Gasteiger partial charge in [-0.1, -0.05) is 0 Å². The second-order valence-electron chi connectivity index (χ2n) is 2.00. The van der Waals surface area contributed by atoms with E-state index in [0.29, 0.717) is 0 Å². The van der Waals surface area contributed by atoms with Gasteiger partial charge in [0.2, 0.25) is 0 Å². The largest absolute Gasteiger partial charge is 0.214 e. The smallest absolute Gasteiger partial charge is 0.172 e. The molecule has 2 aromatic rings. The minimum Gasteiger partial charge on any atom is -0.214 e. The van der Waals surface area contributed by atoms with E-state index in [1.165, 1.54) is 0 Å². The zero-order chi connectivity index (χ0) is 9.78.